The third-order valence-electron chi connectivity index (χ3n) is 5.69. The lowest BCUT2D eigenvalue weighted by atomic mass is 9.92. The fourth-order valence-electron chi connectivity index (χ4n) is 4.02. The molecule has 0 aliphatic carbocycles. The van der Waals surface area contributed by atoms with Crippen molar-refractivity contribution in [3.8, 4) is 0 Å². The van der Waals surface area contributed by atoms with Gasteiger partial charge in [-0.25, -0.2) is 0 Å². The lowest BCUT2D eigenvalue weighted by molar-refractivity contribution is -0.124. The SMILES string of the molecule is CCC(CC)C(CNC(=O)CC1Sc2ccccc2NC1=O)N1CCOCC1. The van der Waals surface area contributed by atoms with E-state index in [1.807, 2.05) is 24.3 Å². The molecular weight excluding hydrogens is 374 g/mol. The van der Waals surface area contributed by atoms with Crippen LogP contribution in [0.2, 0.25) is 0 Å². The van der Waals surface area contributed by atoms with Gasteiger partial charge in [-0.15, -0.1) is 11.8 Å². The highest BCUT2D eigenvalue weighted by molar-refractivity contribution is 8.01. The average molecular weight is 406 g/mol. The van der Waals surface area contributed by atoms with E-state index < -0.39 is 0 Å². The number of benzene rings is 1. The van der Waals surface area contributed by atoms with Crippen molar-refractivity contribution in [2.45, 2.75) is 49.3 Å². The van der Waals surface area contributed by atoms with E-state index in [2.05, 4.69) is 29.4 Å². The van der Waals surface area contributed by atoms with E-state index in [4.69, 9.17) is 4.74 Å². The van der Waals surface area contributed by atoms with Crippen LogP contribution in [0.3, 0.4) is 0 Å². The van der Waals surface area contributed by atoms with Gasteiger partial charge in [0.2, 0.25) is 11.8 Å². The number of amides is 2. The van der Waals surface area contributed by atoms with Crippen molar-refractivity contribution in [3.05, 3.63) is 24.3 Å². The van der Waals surface area contributed by atoms with Crippen LogP contribution in [0.25, 0.3) is 0 Å². The van der Waals surface area contributed by atoms with Crippen LogP contribution in [-0.4, -0.2) is 60.9 Å². The van der Waals surface area contributed by atoms with E-state index in [0.717, 1.165) is 49.7 Å². The first-order valence-electron chi connectivity index (χ1n) is 10.3. The van der Waals surface area contributed by atoms with Gasteiger partial charge in [0.25, 0.3) is 0 Å². The number of para-hydroxylation sites is 1. The Morgan fingerprint density at radius 3 is 2.71 bits per heavy atom. The third-order valence-corrected chi connectivity index (χ3v) is 6.97. The first-order valence-corrected chi connectivity index (χ1v) is 11.1. The summed E-state index contributed by atoms with van der Waals surface area (Å²) >= 11 is 1.47. The molecule has 7 heteroatoms. The summed E-state index contributed by atoms with van der Waals surface area (Å²) in [6.07, 6.45) is 2.38. The van der Waals surface area contributed by atoms with Crippen LogP contribution in [0.5, 0.6) is 0 Å². The quantitative estimate of drug-likeness (QED) is 0.696. The van der Waals surface area contributed by atoms with Gasteiger partial charge in [0.15, 0.2) is 0 Å². The minimum Gasteiger partial charge on any atom is -0.379 e. The highest BCUT2D eigenvalue weighted by Gasteiger charge is 2.30. The number of carbonyl (C=O) groups excluding carboxylic acids is 2. The van der Waals surface area contributed by atoms with Gasteiger partial charge in [0.1, 0.15) is 0 Å². The number of hydrogen-bond donors (Lipinski definition) is 2. The normalized spacial score (nSPS) is 21.1. The number of rotatable bonds is 8. The molecule has 0 bridgehead atoms. The summed E-state index contributed by atoms with van der Waals surface area (Å²) in [7, 11) is 0. The average Bonchev–Trinajstić information content (AvgIpc) is 2.72. The molecular formula is C21H31N3O3S. The highest BCUT2D eigenvalue weighted by atomic mass is 32.2. The molecule has 0 saturated carbocycles. The van der Waals surface area contributed by atoms with Gasteiger partial charge >= 0.3 is 0 Å². The Morgan fingerprint density at radius 1 is 1.29 bits per heavy atom. The molecule has 28 heavy (non-hydrogen) atoms. The Labute approximate surface area is 171 Å². The molecule has 0 radical (unpaired) electrons. The topological polar surface area (TPSA) is 70.7 Å². The molecule has 154 valence electrons. The number of nitrogens with zero attached hydrogens (tertiary/aromatic N) is 1. The van der Waals surface area contributed by atoms with Crippen LogP contribution in [0.4, 0.5) is 5.69 Å². The second-order valence-electron chi connectivity index (χ2n) is 7.39. The maximum atomic E-state index is 12.6. The molecule has 2 N–H and O–H groups in total. The monoisotopic (exact) mass is 405 g/mol. The van der Waals surface area contributed by atoms with E-state index in [0.29, 0.717) is 18.5 Å². The largest absolute Gasteiger partial charge is 0.379 e. The number of fused-ring (bicyclic) bond motifs is 1. The minimum absolute atomic E-state index is 0.0590. The lowest BCUT2D eigenvalue weighted by Crippen LogP contribution is -2.52. The van der Waals surface area contributed by atoms with Crippen molar-refractivity contribution in [3.63, 3.8) is 0 Å². The number of nitrogens with one attached hydrogen (secondary N) is 2. The molecule has 2 amide bonds. The molecule has 1 aromatic carbocycles. The van der Waals surface area contributed by atoms with Crippen LogP contribution in [-0.2, 0) is 14.3 Å². The smallest absolute Gasteiger partial charge is 0.238 e. The maximum absolute atomic E-state index is 12.6. The van der Waals surface area contributed by atoms with E-state index >= 15 is 0 Å². The van der Waals surface area contributed by atoms with Gasteiger partial charge in [-0.3, -0.25) is 14.5 Å². The molecule has 1 fully saturated rings. The van der Waals surface area contributed by atoms with Crippen LogP contribution >= 0.6 is 11.8 Å². The van der Waals surface area contributed by atoms with Crippen molar-refractivity contribution in [2.24, 2.45) is 5.92 Å². The molecule has 3 rings (SSSR count). The Morgan fingerprint density at radius 2 is 2.00 bits per heavy atom. The first-order chi connectivity index (χ1) is 13.6. The Bertz CT molecular complexity index is 675. The minimum atomic E-state index is -0.384. The number of morpholine rings is 1. The number of anilines is 1. The first kappa shape index (κ1) is 21.1. The molecule has 0 spiro atoms. The van der Waals surface area contributed by atoms with Gasteiger partial charge < -0.3 is 15.4 Å². The molecule has 0 aromatic heterocycles. The van der Waals surface area contributed by atoms with E-state index in [9.17, 15) is 9.59 Å². The third kappa shape index (κ3) is 5.27. The Balaban J connectivity index is 1.56. The summed E-state index contributed by atoms with van der Waals surface area (Å²) in [5, 5.41) is 5.63. The molecule has 2 unspecified atom stereocenters. The zero-order valence-electron chi connectivity index (χ0n) is 16.8. The van der Waals surface area contributed by atoms with Gasteiger partial charge in [-0.2, -0.15) is 0 Å². The number of ether oxygens (including phenoxy) is 1. The van der Waals surface area contributed by atoms with Gasteiger partial charge in [0, 0.05) is 37.0 Å². The van der Waals surface area contributed by atoms with Crippen LogP contribution < -0.4 is 10.6 Å². The zero-order chi connectivity index (χ0) is 19.9. The highest BCUT2D eigenvalue weighted by Crippen LogP contribution is 2.36. The fraction of sp³-hybridized carbons (Fsp3) is 0.619. The van der Waals surface area contributed by atoms with Crippen molar-refractivity contribution in [2.75, 3.05) is 38.2 Å². The summed E-state index contributed by atoms with van der Waals surface area (Å²) in [5.74, 6) is 0.387. The second kappa shape index (κ2) is 10.3. The molecule has 2 atom stereocenters. The Kier molecular flexibility index (Phi) is 7.76. The van der Waals surface area contributed by atoms with E-state index in [1.54, 1.807) is 0 Å². The molecule has 6 nitrogen and oxygen atoms in total. The second-order valence-corrected chi connectivity index (χ2v) is 8.64. The summed E-state index contributed by atoms with van der Waals surface area (Å²) in [5.41, 5.74) is 0.829. The summed E-state index contributed by atoms with van der Waals surface area (Å²) < 4.78 is 5.49. The van der Waals surface area contributed by atoms with E-state index in [1.165, 1.54) is 11.8 Å². The summed E-state index contributed by atoms with van der Waals surface area (Å²) in [6, 6.07) is 8.03. The predicted octanol–water partition coefficient (Wildman–Crippen LogP) is 2.74. The zero-order valence-corrected chi connectivity index (χ0v) is 17.6. The molecule has 1 aromatic rings. The molecule has 2 heterocycles. The fourth-order valence-corrected chi connectivity index (χ4v) is 5.13. The predicted molar refractivity (Wildman–Crippen MR) is 113 cm³/mol. The molecule has 1 saturated heterocycles. The van der Waals surface area contributed by atoms with Crippen molar-refractivity contribution >= 4 is 29.3 Å². The van der Waals surface area contributed by atoms with E-state index in [-0.39, 0.29) is 23.5 Å². The van der Waals surface area contributed by atoms with Crippen molar-refractivity contribution in [1.82, 2.24) is 10.2 Å². The number of hydrogen-bond acceptors (Lipinski definition) is 5. The lowest BCUT2D eigenvalue weighted by Gasteiger charge is -2.38. The van der Waals surface area contributed by atoms with Crippen LogP contribution in [0, 0.1) is 5.92 Å². The molecule has 2 aliphatic heterocycles. The summed E-state index contributed by atoms with van der Waals surface area (Å²) in [4.78, 5) is 28.4. The molecule has 2 aliphatic rings. The van der Waals surface area contributed by atoms with Crippen molar-refractivity contribution in [1.29, 1.82) is 0 Å². The van der Waals surface area contributed by atoms with Gasteiger partial charge in [0.05, 0.1) is 24.2 Å². The maximum Gasteiger partial charge on any atom is 0.238 e. The van der Waals surface area contributed by atoms with Gasteiger partial charge in [-0.05, 0) is 18.1 Å². The summed E-state index contributed by atoms with van der Waals surface area (Å²) in [6.45, 7) is 8.38. The standard InChI is InChI=1S/C21H31N3O3S/c1-3-15(4-2)17(24-9-11-27-12-10-24)14-22-20(25)13-19-21(26)23-16-7-5-6-8-18(16)28-19/h5-8,15,17,19H,3-4,9-14H2,1-2H3,(H,22,25)(H,23,26). The Hall–Kier alpha value is -1.57. The number of thioether (sulfide) groups is 1. The van der Waals surface area contributed by atoms with Crippen molar-refractivity contribution < 1.29 is 14.3 Å². The van der Waals surface area contributed by atoms with Gasteiger partial charge in [-0.1, -0.05) is 38.8 Å². The van der Waals surface area contributed by atoms with Crippen LogP contribution in [0.15, 0.2) is 29.2 Å². The van der Waals surface area contributed by atoms with Crippen LogP contribution in [0.1, 0.15) is 33.1 Å². The number of carbonyl (C=O) groups is 2.